The number of hydrogen-bond acceptors (Lipinski definition) is 6. The van der Waals surface area contributed by atoms with Crippen LogP contribution in [0.2, 0.25) is 0 Å². The third-order valence-corrected chi connectivity index (χ3v) is 6.76. The summed E-state index contributed by atoms with van der Waals surface area (Å²) in [4.78, 5) is 23.1. The van der Waals surface area contributed by atoms with Gasteiger partial charge in [0.05, 0.1) is 19.6 Å². The van der Waals surface area contributed by atoms with Crippen LogP contribution in [-0.4, -0.2) is 49.6 Å². The second-order valence-corrected chi connectivity index (χ2v) is 8.01. The Hall–Kier alpha value is -1.14. The summed E-state index contributed by atoms with van der Waals surface area (Å²) in [5, 5.41) is 0. The van der Waals surface area contributed by atoms with Crippen LogP contribution in [0.3, 0.4) is 0 Å². The van der Waals surface area contributed by atoms with Crippen molar-refractivity contribution in [3.8, 4) is 0 Å². The van der Waals surface area contributed by atoms with Gasteiger partial charge in [-0.05, 0) is 32.1 Å². The van der Waals surface area contributed by atoms with Crippen LogP contribution < -0.4 is 0 Å². The molecule has 0 aromatic heterocycles. The molecule has 1 saturated carbocycles. The van der Waals surface area contributed by atoms with Crippen LogP contribution in [0.25, 0.3) is 0 Å². The van der Waals surface area contributed by atoms with Gasteiger partial charge in [-0.2, -0.15) is 0 Å². The molecule has 0 amide bonds. The summed E-state index contributed by atoms with van der Waals surface area (Å²) in [5.74, 6) is -0.433. The van der Waals surface area contributed by atoms with E-state index in [0.29, 0.717) is 6.61 Å². The van der Waals surface area contributed by atoms with Crippen LogP contribution in [0.5, 0.6) is 0 Å². The highest BCUT2D eigenvalue weighted by atomic mass is 16.7. The number of rotatable bonds is 4. The first kappa shape index (κ1) is 17.7. The lowest BCUT2D eigenvalue weighted by molar-refractivity contribution is -0.357. The molecule has 6 heteroatoms. The molecule has 2 saturated heterocycles. The normalized spacial score (nSPS) is 44.7. The van der Waals surface area contributed by atoms with E-state index in [9.17, 15) is 9.59 Å². The van der Waals surface area contributed by atoms with Crippen molar-refractivity contribution in [2.75, 3.05) is 20.3 Å². The van der Waals surface area contributed by atoms with Crippen molar-refractivity contribution in [3.05, 3.63) is 0 Å². The van der Waals surface area contributed by atoms with Crippen LogP contribution in [0, 0.1) is 17.3 Å². The lowest BCUT2D eigenvalue weighted by Gasteiger charge is -2.64. The Morgan fingerprint density at radius 3 is 2.67 bits per heavy atom. The Bertz CT molecular complexity index is 548. The van der Waals surface area contributed by atoms with Crippen molar-refractivity contribution < 1.29 is 28.5 Å². The Labute approximate surface area is 143 Å². The van der Waals surface area contributed by atoms with Gasteiger partial charge < -0.3 is 18.9 Å². The van der Waals surface area contributed by atoms with E-state index in [2.05, 4.69) is 13.8 Å². The summed E-state index contributed by atoms with van der Waals surface area (Å²) < 4.78 is 22.6. The average molecular weight is 340 g/mol. The largest absolute Gasteiger partial charge is 0.469 e. The first-order valence-corrected chi connectivity index (χ1v) is 8.72. The van der Waals surface area contributed by atoms with Crippen molar-refractivity contribution in [3.63, 3.8) is 0 Å². The molecule has 0 aromatic carbocycles. The van der Waals surface area contributed by atoms with Crippen molar-refractivity contribution in [2.45, 2.75) is 64.3 Å². The van der Waals surface area contributed by atoms with Gasteiger partial charge in [0.1, 0.15) is 23.9 Å². The van der Waals surface area contributed by atoms with E-state index in [1.807, 2.05) is 6.92 Å². The van der Waals surface area contributed by atoms with Gasteiger partial charge in [0.2, 0.25) is 0 Å². The van der Waals surface area contributed by atoms with E-state index in [0.717, 1.165) is 19.3 Å². The predicted octanol–water partition coefficient (Wildman–Crippen LogP) is 2.09. The van der Waals surface area contributed by atoms with Crippen molar-refractivity contribution >= 4 is 11.9 Å². The highest BCUT2D eigenvalue weighted by Gasteiger charge is 2.78. The van der Waals surface area contributed by atoms with E-state index < -0.39 is 11.2 Å². The first-order chi connectivity index (χ1) is 11.2. The third kappa shape index (κ3) is 2.22. The molecule has 136 valence electrons. The van der Waals surface area contributed by atoms with Crippen molar-refractivity contribution in [1.82, 2.24) is 0 Å². The number of ether oxygens (including phenoxy) is 4. The zero-order valence-electron chi connectivity index (χ0n) is 15.2. The van der Waals surface area contributed by atoms with E-state index in [1.165, 1.54) is 14.0 Å². The first-order valence-electron chi connectivity index (χ1n) is 8.72. The maximum Gasteiger partial charge on any atom is 0.308 e. The summed E-state index contributed by atoms with van der Waals surface area (Å²) in [6, 6.07) is 0. The standard InChI is InChI=1S/C18H28O6/c1-11(15(20)21-5)13-6-7-16(3)10-23-17(4)14(9-22-12(2)19)24-18(16,17)8-13/h11,13-14H,6-10H2,1-5H3/t11-,13+,14+,16-,17+,18+/m0/s1. The number of carbonyl (C=O) groups is 2. The average Bonchev–Trinajstić information content (AvgIpc) is 2.72. The Balaban J connectivity index is 1.79. The fraction of sp³-hybridized carbons (Fsp3) is 0.889. The molecule has 2 aliphatic heterocycles. The predicted molar refractivity (Wildman–Crippen MR) is 85.2 cm³/mol. The molecule has 3 fully saturated rings. The Morgan fingerprint density at radius 1 is 1.33 bits per heavy atom. The number of esters is 2. The Morgan fingerprint density at radius 2 is 2.04 bits per heavy atom. The van der Waals surface area contributed by atoms with Gasteiger partial charge in [0, 0.05) is 12.3 Å². The summed E-state index contributed by atoms with van der Waals surface area (Å²) >= 11 is 0. The van der Waals surface area contributed by atoms with Crippen LogP contribution in [0.4, 0.5) is 0 Å². The molecule has 1 aliphatic carbocycles. The smallest absolute Gasteiger partial charge is 0.308 e. The molecule has 2 heterocycles. The Kier molecular flexibility index (Phi) is 4.20. The van der Waals surface area contributed by atoms with Gasteiger partial charge in [0.25, 0.3) is 0 Å². The molecular weight excluding hydrogens is 312 g/mol. The SMILES string of the molecule is COC(=O)[C@@H](C)[C@@H]1CC[C@@]2(C)CO[C@]3(C)[C@@H](COC(C)=O)O[C@]23C1. The molecule has 3 aliphatic rings. The molecule has 0 aromatic rings. The lowest BCUT2D eigenvalue weighted by Crippen LogP contribution is -2.77. The summed E-state index contributed by atoms with van der Waals surface area (Å²) in [6.07, 6.45) is 2.43. The zero-order chi connectivity index (χ0) is 17.8. The molecule has 6 nitrogen and oxygen atoms in total. The van der Waals surface area contributed by atoms with Crippen molar-refractivity contribution in [1.29, 1.82) is 0 Å². The molecule has 3 rings (SSSR count). The maximum absolute atomic E-state index is 12.0. The van der Waals surface area contributed by atoms with Gasteiger partial charge >= 0.3 is 11.9 Å². The van der Waals surface area contributed by atoms with Gasteiger partial charge in [-0.1, -0.05) is 13.8 Å². The topological polar surface area (TPSA) is 71.1 Å². The second-order valence-electron chi connectivity index (χ2n) is 8.01. The molecule has 6 atom stereocenters. The molecule has 24 heavy (non-hydrogen) atoms. The fourth-order valence-electron chi connectivity index (χ4n) is 4.99. The van der Waals surface area contributed by atoms with Gasteiger partial charge in [0.15, 0.2) is 0 Å². The monoisotopic (exact) mass is 340 g/mol. The quantitative estimate of drug-likeness (QED) is 0.730. The fourth-order valence-corrected chi connectivity index (χ4v) is 4.99. The van der Waals surface area contributed by atoms with Crippen molar-refractivity contribution in [2.24, 2.45) is 17.3 Å². The maximum atomic E-state index is 12.0. The zero-order valence-corrected chi connectivity index (χ0v) is 15.2. The van der Waals surface area contributed by atoms with Gasteiger partial charge in [-0.3, -0.25) is 9.59 Å². The molecule has 1 spiro atoms. The minimum absolute atomic E-state index is 0.0686. The highest BCUT2D eigenvalue weighted by Crippen LogP contribution is 2.67. The van der Waals surface area contributed by atoms with E-state index in [1.54, 1.807) is 0 Å². The number of hydrogen-bond donors (Lipinski definition) is 0. The summed E-state index contributed by atoms with van der Waals surface area (Å²) in [6.45, 7) is 8.43. The van der Waals surface area contributed by atoms with E-state index >= 15 is 0 Å². The molecule has 0 unspecified atom stereocenters. The molecule has 0 bridgehead atoms. The minimum atomic E-state index is -0.480. The minimum Gasteiger partial charge on any atom is -0.469 e. The number of carbonyl (C=O) groups excluding carboxylic acids is 2. The van der Waals surface area contributed by atoms with E-state index in [4.69, 9.17) is 18.9 Å². The van der Waals surface area contributed by atoms with E-state index in [-0.39, 0.29) is 41.9 Å². The number of methoxy groups -OCH3 is 1. The summed E-state index contributed by atoms with van der Waals surface area (Å²) in [5.41, 5.74) is -0.970. The third-order valence-electron chi connectivity index (χ3n) is 6.76. The molecule has 0 radical (unpaired) electrons. The van der Waals surface area contributed by atoms with Crippen LogP contribution >= 0.6 is 0 Å². The van der Waals surface area contributed by atoms with Crippen LogP contribution in [-0.2, 0) is 28.5 Å². The van der Waals surface area contributed by atoms with Crippen LogP contribution in [0.1, 0.15) is 47.0 Å². The second kappa shape index (κ2) is 5.70. The lowest BCUT2D eigenvalue weighted by atomic mass is 9.52. The van der Waals surface area contributed by atoms with Gasteiger partial charge in [-0.15, -0.1) is 0 Å². The molecule has 0 N–H and O–H groups in total. The molecular formula is C18H28O6. The highest BCUT2D eigenvalue weighted by molar-refractivity contribution is 5.72. The van der Waals surface area contributed by atoms with Crippen LogP contribution in [0.15, 0.2) is 0 Å². The summed E-state index contributed by atoms with van der Waals surface area (Å²) in [7, 11) is 1.43. The van der Waals surface area contributed by atoms with Gasteiger partial charge in [-0.25, -0.2) is 0 Å².